The molecule has 1 fully saturated rings. The van der Waals surface area contributed by atoms with Crippen molar-refractivity contribution in [2.75, 3.05) is 15.5 Å². The van der Waals surface area contributed by atoms with Gasteiger partial charge < -0.3 is 15.5 Å². The van der Waals surface area contributed by atoms with Crippen molar-refractivity contribution >= 4 is 40.3 Å². The highest BCUT2D eigenvalue weighted by Gasteiger charge is 2.37. The normalized spacial score (nSPS) is 16.7. The Kier molecular flexibility index (Phi) is 7.33. The van der Waals surface area contributed by atoms with Crippen molar-refractivity contribution in [3.05, 3.63) is 97.8 Å². The third-order valence-corrected chi connectivity index (χ3v) is 6.34. The predicted octanol–water partition coefficient (Wildman–Crippen LogP) is 5.64. The summed E-state index contributed by atoms with van der Waals surface area (Å²) in [5, 5.41) is 28.4. The lowest BCUT2D eigenvalue weighted by Crippen LogP contribution is -2.26. The van der Waals surface area contributed by atoms with Crippen LogP contribution in [0, 0.1) is 26.0 Å². The number of carbonyl (C=O) groups is 2. The Balaban J connectivity index is 1.80. The van der Waals surface area contributed by atoms with Crippen LogP contribution in [-0.2, 0) is 9.59 Å². The van der Waals surface area contributed by atoms with Gasteiger partial charge in [0.05, 0.1) is 21.9 Å². The van der Waals surface area contributed by atoms with Crippen molar-refractivity contribution in [1.29, 1.82) is 0 Å². The molecule has 11 nitrogen and oxygen atoms in total. The fraction of sp³-hybridized carbons (Fsp3) is 0.231. The summed E-state index contributed by atoms with van der Waals surface area (Å²) in [5.74, 6) is -1.33. The van der Waals surface area contributed by atoms with E-state index in [-0.39, 0.29) is 34.8 Å². The SMILES string of the molecule is CC(=O)Nc1ccc(C2CCC(c3ccc(NC(C)=O)c([N+](=O)[O-])c3)N2c2ccc(F)cc2)cc1[N+](=O)[O-]. The van der Waals surface area contributed by atoms with Crippen molar-refractivity contribution in [2.45, 2.75) is 38.8 Å². The number of benzene rings is 3. The van der Waals surface area contributed by atoms with E-state index >= 15 is 0 Å². The van der Waals surface area contributed by atoms with Gasteiger partial charge >= 0.3 is 0 Å². The minimum Gasteiger partial charge on any atom is -0.357 e. The molecule has 38 heavy (non-hydrogen) atoms. The van der Waals surface area contributed by atoms with Crippen LogP contribution in [0.3, 0.4) is 0 Å². The summed E-state index contributed by atoms with van der Waals surface area (Å²) in [6, 6.07) is 14.1. The number of amides is 2. The Hall–Kier alpha value is -4.87. The molecule has 0 aromatic heterocycles. The Bertz CT molecular complexity index is 1340. The quantitative estimate of drug-likeness (QED) is 0.302. The average molecular weight is 522 g/mol. The fourth-order valence-corrected chi connectivity index (χ4v) is 4.84. The molecule has 12 heteroatoms. The molecule has 2 unspecified atom stereocenters. The molecule has 3 aromatic carbocycles. The molecule has 196 valence electrons. The molecule has 0 aliphatic carbocycles. The van der Waals surface area contributed by atoms with Crippen LogP contribution in [0.4, 0.5) is 32.8 Å². The number of rotatable bonds is 7. The van der Waals surface area contributed by atoms with Gasteiger partial charge in [-0.05, 0) is 60.4 Å². The number of anilines is 3. The van der Waals surface area contributed by atoms with E-state index in [4.69, 9.17) is 0 Å². The minimum absolute atomic E-state index is 0.0679. The molecule has 0 saturated carbocycles. The van der Waals surface area contributed by atoms with Crippen LogP contribution in [0.1, 0.15) is 49.9 Å². The van der Waals surface area contributed by atoms with E-state index in [1.807, 2.05) is 4.90 Å². The number of halogens is 1. The van der Waals surface area contributed by atoms with E-state index in [1.54, 1.807) is 24.3 Å². The molecule has 0 bridgehead atoms. The summed E-state index contributed by atoms with van der Waals surface area (Å²) >= 11 is 0. The number of hydrogen-bond acceptors (Lipinski definition) is 7. The second-order valence-electron chi connectivity index (χ2n) is 8.92. The molecule has 1 aliphatic rings. The topological polar surface area (TPSA) is 148 Å². The van der Waals surface area contributed by atoms with E-state index < -0.39 is 27.5 Å². The van der Waals surface area contributed by atoms with Crippen LogP contribution in [0.2, 0.25) is 0 Å². The van der Waals surface area contributed by atoms with Gasteiger partial charge in [0.25, 0.3) is 11.4 Å². The van der Waals surface area contributed by atoms with Gasteiger partial charge in [-0.3, -0.25) is 29.8 Å². The van der Waals surface area contributed by atoms with Crippen LogP contribution in [-0.4, -0.2) is 21.7 Å². The number of hydrogen-bond donors (Lipinski definition) is 2. The van der Waals surface area contributed by atoms with Crippen molar-refractivity contribution in [2.24, 2.45) is 0 Å². The smallest absolute Gasteiger partial charge is 0.293 e. The molecule has 1 aliphatic heterocycles. The zero-order chi connectivity index (χ0) is 27.6. The van der Waals surface area contributed by atoms with Gasteiger partial charge in [0, 0.05) is 31.7 Å². The Morgan fingerprint density at radius 2 is 1.21 bits per heavy atom. The van der Waals surface area contributed by atoms with E-state index in [1.165, 1.54) is 50.2 Å². The van der Waals surface area contributed by atoms with Crippen molar-refractivity contribution in [1.82, 2.24) is 0 Å². The summed E-state index contributed by atoms with van der Waals surface area (Å²) in [6.07, 6.45) is 1.08. The van der Waals surface area contributed by atoms with Gasteiger partial charge in [-0.1, -0.05) is 12.1 Å². The predicted molar refractivity (Wildman–Crippen MR) is 138 cm³/mol. The zero-order valence-corrected chi connectivity index (χ0v) is 20.5. The van der Waals surface area contributed by atoms with Crippen LogP contribution in [0.15, 0.2) is 60.7 Å². The first kappa shape index (κ1) is 26.2. The lowest BCUT2D eigenvalue weighted by Gasteiger charge is -2.33. The number of nitrogens with zero attached hydrogens (tertiary/aromatic N) is 3. The van der Waals surface area contributed by atoms with E-state index in [0.717, 1.165) is 0 Å². The maximum Gasteiger partial charge on any atom is 0.293 e. The molecular weight excluding hydrogens is 497 g/mol. The van der Waals surface area contributed by atoms with E-state index in [0.29, 0.717) is 29.7 Å². The fourth-order valence-electron chi connectivity index (χ4n) is 4.84. The lowest BCUT2D eigenvalue weighted by molar-refractivity contribution is -0.384. The number of nitro groups is 2. The summed E-state index contributed by atoms with van der Waals surface area (Å²) in [4.78, 5) is 47.3. The number of nitrogens with one attached hydrogen (secondary N) is 2. The molecule has 3 aromatic rings. The van der Waals surface area contributed by atoms with E-state index in [9.17, 15) is 34.2 Å². The summed E-state index contributed by atoms with van der Waals surface area (Å²) in [6.45, 7) is 2.51. The highest BCUT2D eigenvalue weighted by Crippen LogP contribution is 2.48. The summed E-state index contributed by atoms with van der Waals surface area (Å²) in [5.41, 5.74) is 1.42. The van der Waals surface area contributed by atoms with Crippen LogP contribution in [0.5, 0.6) is 0 Å². The molecule has 2 amide bonds. The highest BCUT2D eigenvalue weighted by atomic mass is 19.1. The van der Waals surface area contributed by atoms with Gasteiger partial charge in [0.2, 0.25) is 11.8 Å². The third kappa shape index (κ3) is 5.43. The molecule has 2 N–H and O–H groups in total. The second-order valence-corrected chi connectivity index (χ2v) is 8.92. The first-order valence-electron chi connectivity index (χ1n) is 11.7. The minimum atomic E-state index is -0.576. The molecular formula is C26H24FN5O6. The summed E-state index contributed by atoms with van der Waals surface area (Å²) < 4.78 is 13.8. The highest BCUT2D eigenvalue weighted by molar-refractivity contribution is 5.92. The van der Waals surface area contributed by atoms with Crippen molar-refractivity contribution < 1.29 is 23.8 Å². The van der Waals surface area contributed by atoms with Crippen LogP contribution >= 0.6 is 0 Å². The Morgan fingerprint density at radius 3 is 1.58 bits per heavy atom. The molecule has 2 atom stereocenters. The third-order valence-electron chi connectivity index (χ3n) is 6.34. The second kappa shape index (κ2) is 10.6. The lowest BCUT2D eigenvalue weighted by atomic mass is 10.0. The molecule has 1 heterocycles. The first-order valence-corrected chi connectivity index (χ1v) is 11.7. The Labute approximate surface area is 216 Å². The van der Waals surface area contributed by atoms with Gasteiger partial charge in [0.1, 0.15) is 17.2 Å². The maximum atomic E-state index is 13.8. The van der Waals surface area contributed by atoms with Gasteiger partial charge in [-0.2, -0.15) is 0 Å². The van der Waals surface area contributed by atoms with Crippen molar-refractivity contribution in [3.8, 4) is 0 Å². The van der Waals surface area contributed by atoms with Crippen LogP contribution < -0.4 is 15.5 Å². The standard InChI is InChI=1S/C26H24FN5O6/c1-15(33)28-21-9-3-17(13-25(21)31(35)36)23-11-12-24(30(23)20-7-5-19(27)6-8-20)18-4-10-22(29-16(2)34)26(14-18)32(37)38/h3-10,13-14,23-24H,11-12H2,1-2H3,(H,28,33)(H,29,34). The average Bonchev–Trinajstić information content (AvgIpc) is 3.29. The first-order chi connectivity index (χ1) is 18.0. The van der Waals surface area contributed by atoms with Crippen LogP contribution in [0.25, 0.3) is 0 Å². The van der Waals surface area contributed by atoms with Gasteiger partial charge in [0.15, 0.2) is 0 Å². The summed E-state index contributed by atoms with van der Waals surface area (Å²) in [7, 11) is 0. The molecule has 4 rings (SSSR count). The Morgan fingerprint density at radius 1 is 0.789 bits per heavy atom. The number of nitro benzene ring substituents is 2. The number of carbonyl (C=O) groups excluding carboxylic acids is 2. The van der Waals surface area contributed by atoms with Crippen molar-refractivity contribution in [3.63, 3.8) is 0 Å². The monoisotopic (exact) mass is 521 g/mol. The van der Waals surface area contributed by atoms with Gasteiger partial charge in [-0.25, -0.2) is 4.39 Å². The molecule has 0 radical (unpaired) electrons. The largest absolute Gasteiger partial charge is 0.357 e. The zero-order valence-electron chi connectivity index (χ0n) is 20.5. The molecule has 1 saturated heterocycles. The maximum absolute atomic E-state index is 13.8. The van der Waals surface area contributed by atoms with Gasteiger partial charge in [-0.15, -0.1) is 0 Å². The molecule has 0 spiro atoms. The van der Waals surface area contributed by atoms with E-state index in [2.05, 4.69) is 10.6 Å².